The SMILES string of the molecule is CN(C)C(=NCc1cc2ccccc2s1)N(C)C. The van der Waals surface area contributed by atoms with Gasteiger partial charge in [0.05, 0.1) is 6.54 Å². The van der Waals surface area contributed by atoms with Gasteiger partial charge in [-0.05, 0) is 17.5 Å². The topological polar surface area (TPSA) is 18.8 Å². The minimum absolute atomic E-state index is 0.741. The summed E-state index contributed by atoms with van der Waals surface area (Å²) in [6, 6.07) is 10.7. The summed E-state index contributed by atoms with van der Waals surface area (Å²) < 4.78 is 1.33. The summed E-state index contributed by atoms with van der Waals surface area (Å²) in [5.74, 6) is 0.993. The number of aliphatic imine (C=N–C) groups is 1. The Balaban J connectivity index is 2.20. The fraction of sp³-hybridized carbons (Fsp3) is 0.357. The third kappa shape index (κ3) is 2.82. The molecule has 0 radical (unpaired) electrons. The molecule has 96 valence electrons. The second kappa shape index (κ2) is 5.40. The van der Waals surface area contributed by atoms with Crippen molar-refractivity contribution in [3.63, 3.8) is 0 Å². The van der Waals surface area contributed by atoms with Gasteiger partial charge >= 0.3 is 0 Å². The van der Waals surface area contributed by atoms with Crippen molar-refractivity contribution < 1.29 is 0 Å². The average Bonchev–Trinajstić information content (AvgIpc) is 2.70. The van der Waals surface area contributed by atoms with Crippen molar-refractivity contribution in [1.82, 2.24) is 9.80 Å². The molecule has 4 heteroatoms. The molecule has 0 atom stereocenters. The van der Waals surface area contributed by atoms with Crippen LogP contribution in [0.15, 0.2) is 35.3 Å². The Kier molecular flexibility index (Phi) is 3.87. The van der Waals surface area contributed by atoms with Gasteiger partial charge in [-0.1, -0.05) is 18.2 Å². The fourth-order valence-corrected chi connectivity index (χ4v) is 2.94. The monoisotopic (exact) mass is 261 g/mol. The smallest absolute Gasteiger partial charge is 0.195 e. The van der Waals surface area contributed by atoms with Crippen molar-refractivity contribution in [2.75, 3.05) is 28.2 Å². The van der Waals surface area contributed by atoms with Crippen LogP contribution in [0, 0.1) is 0 Å². The van der Waals surface area contributed by atoms with Crippen LogP contribution in [0.25, 0.3) is 10.1 Å². The minimum Gasteiger partial charge on any atom is -0.349 e. The van der Waals surface area contributed by atoms with Crippen molar-refractivity contribution in [2.24, 2.45) is 4.99 Å². The van der Waals surface area contributed by atoms with Crippen LogP contribution in [0.1, 0.15) is 4.88 Å². The van der Waals surface area contributed by atoms with Crippen LogP contribution in [0.4, 0.5) is 0 Å². The Morgan fingerprint density at radius 3 is 2.39 bits per heavy atom. The summed E-state index contributed by atoms with van der Waals surface area (Å²) in [7, 11) is 8.07. The first-order chi connectivity index (χ1) is 8.58. The Morgan fingerprint density at radius 2 is 1.78 bits per heavy atom. The summed E-state index contributed by atoms with van der Waals surface area (Å²) in [6.07, 6.45) is 0. The van der Waals surface area contributed by atoms with Crippen molar-refractivity contribution in [2.45, 2.75) is 6.54 Å². The van der Waals surface area contributed by atoms with E-state index in [4.69, 9.17) is 0 Å². The maximum Gasteiger partial charge on any atom is 0.195 e. The number of hydrogen-bond acceptors (Lipinski definition) is 2. The predicted octanol–water partition coefficient (Wildman–Crippen LogP) is 2.88. The number of benzene rings is 1. The maximum absolute atomic E-state index is 4.67. The molecule has 0 fully saturated rings. The predicted molar refractivity (Wildman–Crippen MR) is 80.3 cm³/mol. The number of fused-ring (bicyclic) bond motifs is 1. The molecule has 2 rings (SSSR count). The molecule has 0 aliphatic rings. The van der Waals surface area contributed by atoms with E-state index in [2.05, 4.69) is 35.3 Å². The number of hydrogen-bond donors (Lipinski definition) is 0. The number of nitrogens with zero attached hydrogens (tertiary/aromatic N) is 3. The van der Waals surface area contributed by atoms with Crippen LogP contribution >= 0.6 is 11.3 Å². The van der Waals surface area contributed by atoms with E-state index in [0.29, 0.717) is 0 Å². The van der Waals surface area contributed by atoms with Gasteiger partial charge in [0, 0.05) is 37.8 Å². The number of guanidine groups is 1. The molecule has 0 aliphatic heterocycles. The Morgan fingerprint density at radius 1 is 1.11 bits per heavy atom. The molecule has 0 saturated heterocycles. The first-order valence-electron chi connectivity index (χ1n) is 5.94. The lowest BCUT2D eigenvalue weighted by Gasteiger charge is -2.22. The van der Waals surface area contributed by atoms with Gasteiger partial charge in [-0.25, -0.2) is 4.99 Å². The molecule has 1 aromatic carbocycles. The molecule has 18 heavy (non-hydrogen) atoms. The van der Waals surface area contributed by atoms with Gasteiger partial charge in [-0.3, -0.25) is 0 Å². The highest BCUT2D eigenvalue weighted by Crippen LogP contribution is 2.25. The summed E-state index contributed by atoms with van der Waals surface area (Å²) >= 11 is 1.82. The Labute approximate surface area is 112 Å². The quantitative estimate of drug-likeness (QED) is 0.611. The lowest BCUT2D eigenvalue weighted by molar-refractivity contribution is 0.479. The minimum atomic E-state index is 0.741. The van der Waals surface area contributed by atoms with Gasteiger partial charge in [0.25, 0.3) is 0 Å². The van der Waals surface area contributed by atoms with Crippen molar-refractivity contribution in [3.8, 4) is 0 Å². The highest BCUT2D eigenvalue weighted by Gasteiger charge is 2.05. The molecule has 0 aliphatic carbocycles. The average molecular weight is 261 g/mol. The van der Waals surface area contributed by atoms with Crippen LogP contribution in [-0.4, -0.2) is 44.0 Å². The van der Waals surface area contributed by atoms with Crippen molar-refractivity contribution >= 4 is 27.4 Å². The van der Waals surface area contributed by atoms with E-state index in [-0.39, 0.29) is 0 Å². The third-order valence-electron chi connectivity index (χ3n) is 2.65. The largest absolute Gasteiger partial charge is 0.349 e. The normalized spacial score (nSPS) is 10.4. The highest BCUT2D eigenvalue weighted by atomic mass is 32.1. The zero-order chi connectivity index (χ0) is 13.1. The molecule has 1 aromatic heterocycles. The molecule has 0 unspecified atom stereocenters. The molecule has 0 N–H and O–H groups in total. The molecule has 1 heterocycles. The van der Waals surface area contributed by atoms with E-state index in [1.807, 2.05) is 49.3 Å². The van der Waals surface area contributed by atoms with Gasteiger partial charge in [0.2, 0.25) is 0 Å². The fourth-order valence-electron chi connectivity index (χ4n) is 1.95. The van der Waals surface area contributed by atoms with Crippen molar-refractivity contribution in [1.29, 1.82) is 0 Å². The summed E-state index contributed by atoms with van der Waals surface area (Å²) in [4.78, 5) is 10.0. The molecule has 2 aromatic rings. The van der Waals surface area contributed by atoms with Gasteiger partial charge in [0.15, 0.2) is 5.96 Å². The van der Waals surface area contributed by atoms with Crippen LogP contribution in [0.5, 0.6) is 0 Å². The maximum atomic E-state index is 4.67. The molecule has 0 bridgehead atoms. The summed E-state index contributed by atoms with van der Waals surface area (Å²) in [5.41, 5.74) is 0. The van der Waals surface area contributed by atoms with Crippen LogP contribution in [-0.2, 0) is 6.54 Å². The first-order valence-corrected chi connectivity index (χ1v) is 6.76. The lowest BCUT2D eigenvalue weighted by Crippen LogP contribution is -2.35. The molecule has 0 saturated carbocycles. The molecular weight excluding hydrogens is 242 g/mol. The van der Waals surface area contributed by atoms with Gasteiger partial charge in [-0.2, -0.15) is 0 Å². The van der Waals surface area contributed by atoms with E-state index in [9.17, 15) is 0 Å². The lowest BCUT2D eigenvalue weighted by atomic mass is 10.2. The second-order valence-electron chi connectivity index (χ2n) is 4.66. The van der Waals surface area contributed by atoms with E-state index >= 15 is 0 Å². The van der Waals surface area contributed by atoms with Crippen LogP contribution < -0.4 is 0 Å². The van der Waals surface area contributed by atoms with E-state index < -0.39 is 0 Å². The van der Waals surface area contributed by atoms with Gasteiger partial charge in [0.1, 0.15) is 0 Å². The van der Waals surface area contributed by atoms with E-state index in [1.165, 1.54) is 15.0 Å². The molecule has 3 nitrogen and oxygen atoms in total. The zero-order valence-electron chi connectivity index (χ0n) is 11.3. The van der Waals surface area contributed by atoms with Crippen LogP contribution in [0.3, 0.4) is 0 Å². The number of thiophene rings is 1. The summed E-state index contributed by atoms with van der Waals surface area (Å²) in [5, 5.41) is 1.31. The standard InChI is InChI=1S/C14H19N3S/c1-16(2)14(17(3)4)15-10-12-9-11-7-5-6-8-13(11)18-12/h5-9H,10H2,1-4H3. The highest BCUT2D eigenvalue weighted by molar-refractivity contribution is 7.19. The molecular formula is C14H19N3S. The van der Waals surface area contributed by atoms with Gasteiger partial charge < -0.3 is 9.80 Å². The molecule has 0 amide bonds. The van der Waals surface area contributed by atoms with Crippen molar-refractivity contribution in [3.05, 3.63) is 35.2 Å². The Hall–Kier alpha value is -1.55. The zero-order valence-corrected chi connectivity index (χ0v) is 12.2. The third-order valence-corrected chi connectivity index (χ3v) is 3.75. The van der Waals surface area contributed by atoms with Gasteiger partial charge in [-0.15, -0.1) is 11.3 Å². The van der Waals surface area contributed by atoms with Crippen LogP contribution in [0.2, 0.25) is 0 Å². The van der Waals surface area contributed by atoms with E-state index in [1.54, 1.807) is 0 Å². The number of rotatable bonds is 2. The second-order valence-corrected chi connectivity index (χ2v) is 5.82. The Bertz CT molecular complexity index is 512. The van der Waals surface area contributed by atoms with E-state index in [0.717, 1.165) is 12.5 Å². The first kappa shape index (κ1) is 12.9. The molecule has 0 spiro atoms. The summed E-state index contributed by atoms with van der Waals surface area (Å²) in [6.45, 7) is 0.741.